The Morgan fingerprint density at radius 1 is 1.26 bits per heavy atom. The largest absolute Gasteiger partial charge is 0.342 e. The highest BCUT2D eigenvalue weighted by molar-refractivity contribution is 6.01. The number of fused-ring (bicyclic) bond motifs is 1. The standard InChI is InChI=1S/C16H21N5O2/c1-10-12-8-11(9-17-13(12)20(5)18-10)14(22)21-7-6-19(4)15(23)16(21,2)3/h8-9H,6-7H2,1-5H3. The molecule has 0 bridgehead atoms. The maximum absolute atomic E-state index is 12.9. The molecule has 0 saturated carbocycles. The van der Waals surface area contributed by atoms with E-state index in [4.69, 9.17) is 0 Å². The highest BCUT2D eigenvalue weighted by Gasteiger charge is 2.43. The number of amides is 2. The van der Waals surface area contributed by atoms with Crippen molar-refractivity contribution in [1.82, 2.24) is 24.6 Å². The second kappa shape index (κ2) is 5.04. The van der Waals surface area contributed by atoms with Gasteiger partial charge in [-0.3, -0.25) is 14.3 Å². The van der Waals surface area contributed by atoms with Gasteiger partial charge in [0, 0.05) is 38.8 Å². The van der Waals surface area contributed by atoms with Gasteiger partial charge < -0.3 is 9.80 Å². The first-order chi connectivity index (χ1) is 10.7. The van der Waals surface area contributed by atoms with E-state index in [-0.39, 0.29) is 11.8 Å². The Morgan fingerprint density at radius 3 is 2.65 bits per heavy atom. The molecule has 0 atom stereocenters. The van der Waals surface area contributed by atoms with E-state index in [9.17, 15) is 9.59 Å². The Balaban J connectivity index is 2.00. The molecule has 23 heavy (non-hydrogen) atoms. The van der Waals surface area contributed by atoms with Crippen molar-refractivity contribution in [3.8, 4) is 0 Å². The molecule has 2 aromatic heterocycles. The van der Waals surface area contributed by atoms with Crippen LogP contribution in [0.1, 0.15) is 29.9 Å². The first kappa shape index (κ1) is 15.5. The molecule has 122 valence electrons. The van der Waals surface area contributed by atoms with Gasteiger partial charge in [0.1, 0.15) is 5.54 Å². The zero-order valence-electron chi connectivity index (χ0n) is 14.1. The molecule has 0 unspecified atom stereocenters. The van der Waals surface area contributed by atoms with Crippen LogP contribution in [0.2, 0.25) is 0 Å². The molecule has 2 aromatic rings. The van der Waals surface area contributed by atoms with E-state index in [1.165, 1.54) is 0 Å². The van der Waals surface area contributed by atoms with Crippen molar-refractivity contribution in [3.63, 3.8) is 0 Å². The lowest BCUT2D eigenvalue weighted by Gasteiger charge is -2.44. The third-order valence-electron chi connectivity index (χ3n) is 4.56. The van der Waals surface area contributed by atoms with Crippen LogP contribution in [0.3, 0.4) is 0 Å². The van der Waals surface area contributed by atoms with Crippen molar-refractivity contribution in [2.75, 3.05) is 20.1 Å². The lowest BCUT2D eigenvalue weighted by Crippen LogP contribution is -2.63. The number of pyridine rings is 1. The number of carbonyl (C=O) groups excluding carboxylic acids is 2. The molecule has 0 radical (unpaired) electrons. The molecule has 0 aromatic carbocycles. The van der Waals surface area contributed by atoms with E-state index in [0.717, 1.165) is 16.7 Å². The SMILES string of the molecule is Cc1nn(C)c2ncc(C(=O)N3CCN(C)C(=O)C3(C)C)cc12. The van der Waals surface area contributed by atoms with Crippen LogP contribution in [0.4, 0.5) is 0 Å². The number of aromatic nitrogens is 3. The molecule has 3 heterocycles. The van der Waals surface area contributed by atoms with Gasteiger partial charge in [0.15, 0.2) is 5.65 Å². The summed E-state index contributed by atoms with van der Waals surface area (Å²) in [4.78, 5) is 32.9. The summed E-state index contributed by atoms with van der Waals surface area (Å²) < 4.78 is 1.70. The fraction of sp³-hybridized carbons (Fsp3) is 0.500. The molecule has 7 heteroatoms. The maximum Gasteiger partial charge on any atom is 0.256 e. The predicted octanol–water partition coefficient (Wildman–Crippen LogP) is 0.970. The quantitative estimate of drug-likeness (QED) is 0.786. The van der Waals surface area contributed by atoms with Crippen LogP contribution < -0.4 is 0 Å². The normalized spacial score (nSPS) is 17.9. The number of rotatable bonds is 1. The van der Waals surface area contributed by atoms with E-state index < -0.39 is 5.54 Å². The smallest absolute Gasteiger partial charge is 0.256 e. The summed E-state index contributed by atoms with van der Waals surface area (Å²) in [5.74, 6) is -0.224. The van der Waals surface area contributed by atoms with Gasteiger partial charge in [-0.2, -0.15) is 5.10 Å². The topological polar surface area (TPSA) is 71.3 Å². The molecule has 0 N–H and O–H groups in total. The highest BCUT2D eigenvalue weighted by Crippen LogP contribution is 2.25. The minimum atomic E-state index is -0.858. The van der Waals surface area contributed by atoms with E-state index in [1.54, 1.807) is 41.6 Å². The first-order valence-corrected chi connectivity index (χ1v) is 7.60. The van der Waals surface area contributed by atoms with Gasteiger partial charge in [0.25, 0.3) is 5.91 Å². The van der Waals surface area contributed by atoms with E-state index in [2.05, 4.69) is 10.1 Å². The zero-order chi connectivity index (χ0) is 16.9. The van der Waals surface area contributed by atoms with Gasteiger partial charge in [0.05, 0.1) is 11.3 Å². The van der Waals surface area contributed by atoms with Gasteiger partial charge in [0.2, 0.25) is 5.91 Å². The molecule has 2 amide bonds. The van der Waals surface area contributed by atoms with Gasteiger partial charge >= 0.3 is 0 Å². The highest BCUT2D eigenvalue weighted by atomic mass is 16.2. The Hall–Kier alpha value is -2.44. The van der Waals surface area contributed by atoms with E-state index in [1.807, 2.05) is 20.0 Å². The first-order valence-electron chi connectivity index (χ1n) is 7.60. The molecule has 3 rings (SSSR count). The number of hydrogen-bond donors (Lipinski definition) is 0. The van der Waals surface area contributed by atoms with Crippen LogP contribution in [0.5, 0.6) is 0 Å². The van der Waals surface area contributed by atoms with Crippen molar-refractivity contribution >= 4 is 22.8 Å². The van der Waals surface area contributed by atoms with Crippen molar-refractivity contribution in [2.24, 2.45) is 7.05 Å². The Bertz CT molecular complexity index is 808. The summed E-state index contributed by atoms with van der Waals surface area (Å²) in [5, 5.41) is 5.18. The lowest BCUT2D eigenvalue weighted by molar-refractivity contribution is -0.144. The molecule has 0 aliphatic carbocycles. The molecule has 1 aliphatic heterocycles. The molecule has 1 aliphatic rings. The van der Waals surface area contributed by atoms with Gasteiger partial charge in [-0.15, -0.1) is 0 Å². The van der Waals surface area contributed by atoms with Crippen LogP contribution in [0.15, 0.2) is 12.3 Å². The minimum absolute atomic E-state index is 0.0521. The fourth-order valence-electron chi connectivity index (χ4n) is 3.15. The minimum Gasteiger partial charge on any atom is -0.342 e. The lowest BCUT2D eigenvalue weighted by atomic mass is 9.96. The zero-order valence-corrected chi connectivity index (χ0v) is 14.1. The van der Waals surface area contributed by atoms with Gasteiger partial charge in [-0.05, 0) is 26.8 Å². The summed E-state index contributed by atoms with van der Waals surface area (Å²) >= 11 is 0. The average Bonchev–Trinajstić information content (AvgIpc) is 2.79. The van der Waals surface area contributed by atoms with Crippen molar-refractivity contribution in [3.05, 3.63) is 23.5 Å². The Kier molecular flexibility index (Phi) is 3.39. The van der Waals surface area contributed by atoms with Crippen LogP contribution in [0.25, 0.3) is 11.0 Å². The molecular formula is C16H21N5O2. The summed E-state index contributed by atoms with van der Waals surface area (Å²) in [6, 6.07) is 1.81. The van der Waals surface area contributed by atoms with Crippen LogP contribution in [-0.2, 0) is 11.8 Å². The number of aryl methyl sites for hydroxylation is 2. The van der Waals surface area contributed by atoms with Gasteiger partial charge in [-0.25, -0.2) is 4.98 Å². The molecular weight excluding hydrogens is 294 g/mol. The van der Waals surface area contributed by atoms with E-state index in [0.29, 0.717) is 18.7 Å². The second-order valence-electron chi connectivity index (χ2n) is 6.55. The summed E-state index contributed by atoms with van der Waals surface area (Å²) in [7, 11) is 3.59. The molecule has 1 saturated heterocycles. The Morgan fingerprint density at radius 2 is 1.96 bits per heavy atom. The van der Waals surface area contributed by atoms with E-state index >= 15 is 0 Å². The third-order valence-corrected chi connectivity index (χ3v) is 4.56. The van der Waals surface area contributed by atoms with Crippen molar-refractivity contribution < 1.29 is 9.59 Å². The van der Waals surface area contributed by atoms with Crippen LogP contribution >= 0.6 is 0 Å². The average molecular weight is 315 g/mol. The Labute approximate surface area is 134 Å². The second-order valence-corrected chi connectivity index (χ2v) is 6.55. The number of carbonyl (C=O) groups is 2. The third kappa shape index (κ3) is 2.27. The monoisotopic (exact) mass is 315 g/mol. The summed E-state index contributed by atoms with van der Waals surface area (Å²) in [6.45, 7) is 6.50. The maximum atomic E-state index is 12.9. The number of hydrogen-bond acceptors (Lipinski definition) is 4. The predicted molar refractivity (Wildman–Crippen MR) is 86.0 cm³/mol. The number of likely N-dealkylation sites (N-methyl/N-ethyl adjacent to an activating group) is 1. The number of nitrogens with zero attached hydrogens (tertiary/aromatic N) is 5. The van der Waals surface area contributed by atoms with Crippen LogP contribution in [-0.4, -0.2) is 62.1 Å². The number of piperazine rings is 1. The summed E-state index contributed by atoms with van der Waals surface area (Å²) in [6.07, 6.45) is 1.56. The van der Waals surface area contributed by atoms with Crippen molar-refractivity contribution in [2.45, 2.75) is 26.3 Å². The van der Waals surface area contributed by atoms with Crippen molar-refractivity contribution in [1.29, 1.82) is 0 Å². The summed E-state index contributed by atoms with van der Waals surface area (Å²) in [5.41, 5.74) is 1.20. The molecule has 1 fully saturated rings. The van der Waals surface area contributed by atoms with Gasteiger partial charge in [-0.1, -0.05) is 0 Å². The molecule has 7 nitrogen and oxygen atoms in total. The molecule has 0 spiro atoms. The fourth-order valence-corrected chi connectivity index (χ4v) is 3.15. The van der Waals surface area contributed by atoms with Crippen LogP contribution in [0, 0.1) is 6.92 Å².